The van der Waals surface area contributed by atoms with Crippen molar-refractivity contribution in [3.63, 3.8) is 0 Å². The van der Waals surface area contributed by atoms with Crippen LogP contribution in [-0.2, 0) is 0 Å². The first-order valence-corrected chi connectivity index (χ1v) is 9.48. The van der Waals surface area contributed by atoms with Crippen molar-refractivity contribution < 1.29 is 9.18 Å². The van der Waals surface area contributed by atoms with Gasteiger partial charge in [-0.2, -0.15) is 0 Å². The molecule has 1 aromatic rings. The Morgan fingerprint density at radius 2 is 2.00 bits per heavy atom. The van der Waals surface area contributed by atoms with Gasteiger partial charge in [-0.3, -0.25) is 4.79 Å². The third kappa shape index (κ3) is 4.48. The number of amides is 1. The standard InChI is InChI=1S/C19H26ClFN2O/c20-16-9-4-10-17(21)18(16)19(24)22-15-8-5-11-23(13-15)12-14-6-2-1-3-7-14/h4,9-10,14-15H,1-3,5-8,11-13H2,(H,22,24)/t15-/m0/s1. The molecule has 1 saturated carbocycles. The van der Waals surface area contributed by atoms with Gasteiger partial charge in [-0.25, -0.2) is 4.39 Å². The van der Waals surface area contributed by atoms with Crippen LogP contribution in [0.4, 0.5) is 4.39 Å². The number of likely N-dealkylation sites (tertiary alicyclic amines) is 1. The van der Waals surface area contributed by atoms with Gasteiger partial charge in [0.2, 0.25) is 0 Å². The maximum absolute atomic E-state index is 13.9. The van der Waals surface area contributed by atoms with Crippen molar-refractivity contribution in [2.24, 2.45) is 5.92 Å². The number of halogens is 2. The number of nitrogens with zero attached hydrogens (tertiary/aromatic N) is 1. The number of benzene rings is 1. The van der Waals surface area contributed by atoms with Crippen LogP contribution in [0.3, 0.4) is 0 Å². The van der Waals surface area contributed by atoms with E-state index in [4.69, 9.17) is 11.6 Å². The maximum Gasteiger partial charge on any atom is 0.256 e. The molecular weight excluding hydrogens is 327 g/mol. The van der Waals surface area contributed by atoms with Crippen LogP contribution in [0, 0.1) is 11.7 Å². The van der Waals surface area contributed by atoms with E-state index in [2.05, 4.69) is 10.2 Å². The van der Waals surface area contributed by atoms with E-state index in [1.807, 2.05) is 0 Å². The van der Waals surface area contributed by atoms with Gasteiger partial charge in [0.05, 0.1) is 10.6 Å². The molecule has 5 heteroatoms. The molecule has 1 aromatic carbocycles. The van der Waals surface area contributed by atoms with Gasteiger partial charge < -0.3 is 10.2 Å². The van der Waals surface area contributed by atoms with E-state index >= 15 is 0 Å². The van der Waals surface area contributed by atoms with E-state index in [0.717, 1.165) is 38.4 Å². The molecule has 0 aromatic heterocycles. The highest BCUT2D eigenvalue weighted by Gasteiger charge is 2.26. The molecule has 132 valence electrons. The van der Waals surface area contributed by atoms with Gasteiger partial charge in [0.1, 0.15) is 5.82 Å². The topological polar surface area (TPSA) is 32.3 Å². The van der Waals surface area contributed by atoms with Gasteiger partial charge in [0.15, 0.2) is 0 Å². The zero-order valence-corrected chi connectivity index (χ0v) is 14.8. The predicted molar refractivity (Wildman–Crippen MR) is 94.9 cm³/mol. The number of nitrogens with one attached hydrogen (secondary N) is 1. The lowest BCUT2D eigenvalue weighted by molar-refractivity contribution is 0.0886. The van der Waals surface area contributed by atoms with Crippen molar-refractivity contribution in [1.82, 2.24) is 10.2 Å². The van der Waals surface area contributed by atoms with Crippen LogP contribution in [-0.4, -0.2) is 36.5 Å². The van der Waals surface area contributed by atoms with Crippen LogP contribution in [0.5, 0.6) is 0 Å². The number of carbonyl (C=O) groups excluding carboxylic acids is 1. The lowest BCUT2D eigenvalue weighted by atomic mass is 9.88. The third-order valence-corrected chi connectivity index (χ3v) is 5.59. The summed E-state index contributed by atoms with van der Waals surface area (Å²) in [6, 6.07) is 4.42. The third-order valence-electron chi connectivity index (χ3n) is 5.27. The molecule has 1 amide bonds. The Morgan fingerprint density at radius 1 is 1.21 bits per heavy atom. The lowest BCUT2D eigenvalue weighted by Crippen LogP contribution is -2.49. The van der Waals surface area contributed by atoms with Gasteiger partial charge in [0.25, 0.3) is 5.91 Å². The first-order chi connectivity index (χ1) is 11.6. The van der Waals surface area contributed by atoms with Crippen molar-refractivity contribution in [2.75, 3.05) is 19.6 Å². The molecule has 0 spiro atoms. The summed E-state index contributed by atoms with van der Waals surface area (Å²) in [4.78, 5) is 14.9. The van der Waals surface area contributed by atoms with Gasteiger partial charge in [-0.15, -0.1) is 0 Å². The molecule has 3 rings (SSSR count). The van der Waals surface area contributed by atoms with E-state index in [9.17, 15) is 9.18 Å². The SMILES string of the molecule is O=C(N[C@H]1CCCN(CC2CCCCC2)C1)c1c(F)cccc1Cl. The van der Waals surface area contributed by atoms with Gasteiger partial charge in [-0.1, -0.05) is 36.9 Å². The van der Waals surface area contributed by atoms with Crippen LogP contribution in [0.15, 0.2) is 18.2 Å². The van der Waals surface area contributed by atoms with Crippen molar-refractivity contribution in [1.29, 1.82) is 0 Å². The van der Waals surface area contributed by atoms with Gasteiger partial charge in [-0.05, 0) is 50.3 Å². The summed E-state index contributed by atoms with van der Waals surface area (Å²) in [6.45, 7) is 3.09. The quantitative estimate of drug-likeness (QED) is 0.878. The number of hydrogen-bond acceptors (Lipinski definition) is 2. The van der Waals surface area contributed by atoms with Gasteiger partial charge >= 0.3 is 0 Å². The first kappa shape index (κ1) is 17.7. The Labute approximate surface area is 148 Å². The molecule has 1 aliphatic carbocycles. The fourth-order valence-corrected chi connectivity index (χ4v) is 4.30. The number of carbonyl (C=O) groups is 1. The predicted octanol–water partition coefficient (Wildman–Crippen LogP) is 4.25. The summed E-state index contributed by atoms with van der Waals surface area (Å²) in [7, 11) is 0. The summed E-state index contributed by atoms with van der Waals surface area (Å²) in [5, 5.41) is 3.15. The van der Waals surface area contributed by atoms with E-state index in [-0.39, 0.29) is 16.6 Å². The fourth-order valence-electron chi connectivity index (χ4n) is 4.05. The molecule has 1 saturated heterocycles. The number of hydrogen-bond donors (Lipinski definition) is 1. The molecule has 1 N–H and O–H groups in total. The van der Waals surface area contributed by atoms with E-state index < -0.39 is 11.7 Å². The fraction of sp³-hybridized carbons (Fsp3) is 0.632. The normalized spacial score (nSPS) is 23.2. The molecular formula is C19H26ClFN2O. The van der Waals surface area contributed by atoms with Gasteiger partial charge in [0, 0.05) is 19.1 Å². The monoisotopic (exact) mass is 352 g/mol. The molecule has 2 fully saturated rings. The molecule has 24 heavy (non-hydrogen) atoms. The largest absolute Gasteiger partial charge is 0.348 e. The summed E-state index contributed by atoms with van der Waals surface area (Å²) in [5.74, 6) is -0.160. The van der Waals surface area contributed by atoms with Crippen LogP contribution in [0.2, 0.25) is 5.02 Å². The Bertz CT molecular complexity index is 554. The number of piperidine rings is 1. The maximum atomic E-state index is 13.9. The van der Waals surface area contributed by atoms with Crippen LogP contribution >= 0.6 is 11.6 Å². The average Bonchev–Trinajstić information content (AvgIpc) is 2.56. The van der Waals surface area contributed by atoms with E-state index in [1.165, 1.54) is 44.2 Å². The Balaban J connectivity index is 1.56. The highest BCUT2D eigenvalue weighted by Crippen LogP contribution is 2.26. The smallest absolute Gasteiger partial charge is 0.256 e. The molecule has 3 nitrogen and oxygen atoms in total. The van der Waals surface area contributed by atoms with Crippen LogP contribution in [0.25, 0.3) is 0 Å². The summed E-state index contributed by atoms with van der Waals surface area (Å²) in [5.41, 5.74) is -0.0384. The molecule has 2 aliphatic rings. The Hall–Kier alpha value is -1.13. The summed E-state index contributed by atoms with van der Waals surface area (Å²) < 4.78 is 13.9. The van der Waals surface area contributed by atoms with Crippen LogP contribution in [0.1, 0.15) is 55.3 Å². The highest BCUT2D eigenvalue weighted by molar-refractivity contribution is 6.33. The van der Waals surface area contributed by atoms with E-state index in [1.54, 1.807) is 6.07 Å². The zero-order chi connectivity index (χ0) is 16.9. The van der Waals surface area contributed by atoms with Crippen molar-refractivity contribution in [3.05, 3.63) is 34.6 Å². The summed E-state index contributed by atoms with van der Waals surface area (Å²) in [6.07, 6.45) is 8.76. The van der Waals surface area contributed by atoms with Crippen molar-refractivity contribution in [3.8, 4) is 0 Å². The lowest BCUT2D eigenvalue weighted by Gasteiger charge is -2.36. The molecule has 0 unspecified atom stereocenters. The molecule has 1 heterocycles. The van der Waals surface area contributed by atoms with Crippen LogP contribution < -0.4 is 5.32 Å². The average molecular weight is 353 g/mol. The highest BCUT2D eigenvalue weighted by atomic mass is 35.5. The Morgan fingerprint density at radius 3 is 2.75 bits per heavy atom. The minimum atomic E-state index is -0.560. The molecule has 0 radical (unpaired) electrons. The summed E-state index contributed by atoms with van der Waals surface area (Å²) >= 11 is 5.99. The minimum absolute atomic E-state index is 0.0384. The van der Waals surface area contributed by atoms with Crippen molar-refractivity contribution in [2.45, 2.75) is 51.0 Å². The second-order valence-electron chi connectivity index (χ2n) is 7.17. The molecule has 0 bridgehead atoms. The first-order valence-electron chi connectivity index (χ1n) is 9.10. The minimum Gasteiger partial charge on any atom is -0.348 e. The van der Waals surface area contributed by atoms with E-state index in [0.29, 0.717) is 0 Å². The molecule has 1 atom stereocenters. The van der Waals surface area contributed by atoms with Crippen molar-refractivity contribution >= 4 is 17.5 Å². The molecule has 1 aliphatic heterocycles. The Kier molecular flexibility index (Phi) is 6.12. The second kappa shape index (κ2) is 8.30. The zero-order valence-electron chi connectivity index (χ0n) is 14.1. The number of rotatable bonds is 4. The second-order valence-corrected chi connectivity index (χ2v) is 7.58.